The predicted octanol–water partition coefficient (Wildman–Crippen LogP) is 4.40. The van der Waals surface area contributed by atoms with E-state index in [0.29, 0.717) is 6.61 Å². The van der Waals surface area contributed by atoms with E-state index in [9.17, 15) is 0 Å². The average Bonchev–Trinajstić information content (AvgIpc) is 3.14. The molecule has 0 bridgehead atoms. The predicted molar refractivity (Wildman–Crippen MR) is 137 cm³/mol. The monoisotopic (exact) mass is 450 g/mol. The molecule has 33 heavy (non-hydrogen) atoms. The number of furan rings is 1. The Morgan fingerprint density at radius 1 is 1.03 bits per heavy atom. The van der Waals surface area contributed by atoms with Gasteiger partial charge >= 0.3 is 0 Å². The zero-order valence-corrected chi connectivity index (χ0v) is 20.9. The molecule has 0 amide bonds. The van der Waals surface area contributed by atoms with Gasteiger partial charge in [0.1, 0.15) is 18.4 Å². The maximum Gasteiger partial charge on any atom is 0.261 e. The summed E-state index contributed by atoms with van der Waals surface area (Å²) in [6.45, 7) is 3.73. The fraction of sp³-hybridized carbons (Fsp3) is 0.444. The van der Waals surface area contributed by atoms with Crippen LogP contribution < -0.4 is 14.6 Å². The number of ether oxygens (including phenoxy) is 1. The van der Waals surface area contributed by atoms with Gasteiger partial charge in [0.15, 0.2) is 0 Å². The smallest absolute Gasteiger partial charge is 0.261 e. The Balaban J connectivity index is 1.71. The van der Waals surface area contributed by atoms with Crippen molar-refractivity contribution in [1.82, 2.24) is 4.90 Å². The fourth-order valence-electron chi connectivity index (χ4n) is 4.39. The SMILES string of the molecule is CN(C)CCCNc1c2ccccc2[n+](C)c2c1oc1ccc(OCCC[N+](C)(C)C)cc12. The molecule has 0 spiro atoms. The summed E-state index contributed by atoms with van der Waals surface area (Å²) in [5.41, 5.74) is 5.12. The zero-order valence-electron chi connectivity index (χ0n) is 20.9. The number of rotatable bonds is 10. The van der Waals surface area contributed by atoms with Crippen LogP contribution in [0.4, 0.5) is 5.69 Å². The Morgan fingerprint density at radius 3 is 2.58 bits per heavy atom. The highest BCUT2D eigenvalue weighted by Gasteiger charge is 2.24. The van der Waals surface area contributed by atoms with Gasteiger partial charge in [-0.1, -0.05) is 12.1 Å². The number of aromatic nitrogens is 1. The van der Waals surface area contributed by atoms with Crippen LogP contribution in [0.15, 0.2) is 46.9 Å². The van der Waals surface area contributed by atoms with E-state index in [1.165, 1.54) is 10.9 Å². The Labute approximate surface area is 196 Å². The van der Waals surface area contributed by atoms with Gasteiger partial charge in [0.25, 0.3) is 5.52 Å². The first kappa shape index (κ1) is 23.3. The molecule has 4 rings (SSSR count). The Hall–Kier alpha value is -2.83. The highest BCUT2D eigenvalue weighted by molar-refractivity contribution is 6.11. The molecular weight excluding hydrogens is 412 g/mol. The van der Waals surface area contributed by atoms with E-state index in [1.54, 1.807) is 0 Å². The Morgan fingerprint density at radius 2 is 1.82 bits per heavy atom. The Kier molecular flexibility index (Phi) is 6.77. The van der Waals surface area contributed by atoms with Crippen molar-refractivity contribution in [1.29, 1.82) is 0 Å². The summed E-state index contributed by atoms with van der Waals surface area (Å²) in [7, 11) is 13.0. The topological polar surface area (TPSA) is 41.5 Å². The van der Waals surface area contributed by atoms with Gasteiger partial charge in [0.2, 0.25) is 11.1 Å². The van der Waals surface area contributed by atoms with Gasteiger partial charge in [-0.2, -0.15) is 4.57 Å². The van der Waals surface area contributed by atoms with E-state index in [2.05, 4.69) is 87.4 Å². The van der Waals surface area contributed by atoms with Crippen molar-refractivity contribution in [3.63, 3.8) is 0 Å². The van der Waals surface area contributed by atoms with Gasteiger partial charge in [0, 0.05) is 19.0 Å². The average molecular weight is 451 g/mol. The summed E-state index contributed by atoms with van der Waals surface area (Å²) in [5.74, 6) is 0.889. The van der Waals surface area contributed by atoms with Crippen LogP contribution >= 0.6 is 0 Å². The van der Waals surface area contributed by atoms with E-state index >= 15 is 0 Å². The van der Waals surface area contributed by atoms with E-state index < -0.39 is 0 Å². The number of hydrogen-bond acceptors (Lipinski definition) is 4. The number of pyridine rings is 1. The van der Waals surface area contributed by atoms with Crippen molar-refractivity contribution in [3.8, 4) is 5.75 Å². The molecule has 4 aromatic rings. The van der Waals surface area contributed by atoms with Crippen LogP contribution in [-0.2, 0) is 7.05 Å². The van der Waals surface area contributed by atoms with Gasteiger partial charge in [0.05, 0.1) is 50.8 Å². The van der Waals surface area contributed by atoms with Crippen LogP contribution in [0, 0.1) is 0 Å². The first-order valence-electron chi connectivity index (χ1n) is 11.8. The first-order valence-corrected chi connectivity index (χ1v) is 11.8. The van der Waals surface area contributed by atoms with E-state index in [-0.39, 0.29) is 0 Å². The molecule has 0 fully saturated rings. The molecule has 2 aromatic carbocycles. The van der Waals surface area contributed by atoms with Crippen molar-refractivity contribution < 1.29 is 18.2 Å². The van der Waals surface area contributed by atoms with Gasteiger partial charge in [-0.05, 0) is 51.3 Å². The fourth-order valence-corrected chi connectivity index (χ4v) is 4.39. The molecule has 0 saturated heterocycles. The summed E-state index contributed by atoms with van der Waals surface area (Å²) in [6.07, 6.45) is 2.09. The number of hydrogen-bond donors (Lipinski definition) is 1. The van der Waals surface area contributed by atoms with E-state index in [4.69, 9.17) is 9.15 Å². The van der Waals surface area contributed by atoms with Crippen LogP contribution in [0.5, 0.6) is 5.75 Å². The summed E-state index contributed by atoms with van der Waals surface area (Å²) in [5, 5.41) is 5.93. The number of nitrogens with one attached hydrogen (secondary N) is 1. The number of benzene rings is 2. The number of aryl methyl sites for hydroxylation is 1. The maximum absolute atomic E-state index is 6.42. The van der Waals surface area contributed by atoms with Gasteiger partial charge in [-0.25, -0.2) is 0 Å². The van der Waals surface area contributed by atoms with Crippen LogP contribution in [0.3, 0.4) is 0 Å². The van der Waals surface area contributed by atoms with Gasteiger partial charge in [-0.3, -0.25) is 0 Å². The second-order valence-electron chi connectivity index (χ2n) is 10.2. The largest absolute Gasteiger partial charge is 0.493 e. The number of quaternary nitrogens is 1. The molecule has 0 atom stereocenters. The standard InChI is InChI=1S/C27H37N4O2/c1-29(2)16-9-15-28-25-21-11-7-8-12-23(21)30(3)26-22-19-20(13-14-24(22)33-27(25)26)32-18-10-17-31(4,5)6/h7-8,11-14,19H,9-10,15-18H2,1-6H3/q+1/p+1. The third-order valence-corrected chi connectivity index (χ3v) is 6.06. The molecule has 176 valence electrons. The van der Waals surface area contributed by atoms with E-state index in [0.717, 1.165) is 70.5 Å². The van der Waals surface area contributed by atoms with Crippen LogP contribution in [0.25, 0.3) is 33.0 Å². The molecule has 0 saturated carbocycles. The molecule has 1 N–H and O–H groups in total. The highest BCUT2D eigenvalue weighted by atomic mass is 16.5. The number of nitrogens with zero attached hydrogens (tertiary/aromatic N) is 3. The second-order valence-corrected chi connectivity index (χ2v) is 10.2. The summed E-state index contributed by atoms with van der Waals surface area (Å²) >= 11 is 0. The minimum atomic E-state index is 0.713. The lowest BCUT2D eigenvalue weighted by molar-refractivity contribution is -0.870. The second kappa shape index (κ2) is 9.57. The molecule has 2 aromatic heterocycles. The van der Waals surface area contributed by atoms with Crippen molar-refractivity contribution in [2.45, 2.75) is 12.8 Å². The lowest BCUT2D eigenvalue weighted by atomic mass is 10.1. The van der Waals surface area contributed by atoms with Crippen LogP contribution in [0.2, 0.25) is 0 Å². The van der Waals surface area contributed by atoms with Crippen LogP contribution in [-0.4, -0.2) is 70.9 Å². The molecular formula is C27H38N4O2+2. The molecule has 0 aliphatic carbocycles. The van der Waals surface area contributed by atoms with E-state index in [1.807, 2.05) is 12.1 Å². The lowest BCUT2D eigenvalue weighted by Crippen LogP contribution is -2.35. The summed E-state index contributed by atoms with van der Waals surface area (Å²) in [6, 6.07) is 14.7. The number of para-hydroxylation sites is 1. The molecule has 0 aliphatic rings. The molecule has 0 radical (unpaired) electrons. The van der Waals surface area contributed by atoms with Crippen molar-refractivity contribution in [2.24, 2.45) is 7.05 Å². The van der Waals surface area contributed by atoms with Crippen LogP contribution in [0.1, 0.15) is 12.8 Å². The molecule has 6 heteroatoms. The van der Waals surface area contributed by atoms with Crippen molar-refractivity contribution in [2.75, 3.05) is 66.8 Å². The third-order valence-electron chi connectivity index (χ3n) is 6.06. The van der Waals surface area contributed by atoms with Gasteiger partial charge in [-0.15, -0.1) is 0 Å². The highest BCUT2D eigenvalue weighted by Crippen LogP contribution is 2.37. The summed E-state index contributed by atoms with van der Waals surface area (Å²) in [4.78, 5) is 2.21. The molecule has 0 aliphatic heterocycles. The Bertz CT molecular complexity index is 1250. The molecule has 0 unspecified atom stereocenters. The third kappa shape index (κ3) is 5.23. The summed E-state index contributed by atoms with van der Waals surface area (Å²) < 4.78 is 15.7. The first-order chi connectivity index (χ1) is 15.7. The number of fused-ring (bicyclic) bond motifs is 4. The lowest BCUT2D eigenvalue weighted by Gasteiger charge is -2.23. The maximum atomic E-state index is 6.42. The quantitative estimate of drug-likeness (QED) is 0.221. The minimum Gasteiger partial charge on any atom is -0.493 e. The van der Waals surface area contributed by atoms with Crippen molar-refractivity contribution in [3.05, 3.63) is 42.5 Å². The molecule has 6 nitrogen and oxygen atoms in total. The minimum absolute atomic E-state index is 0.713. The number of anilines is 1. The normalized spacial score (nSPS) is 12.3. The van der Waals surface area contributed by atoms with Crippen molar-refractivity contribution >= 4 is 38.7 Å². The molecule has 2 heterocycles. The zero-order chi connectivity index (χ0) is 23.6. The van der Waals surface area contributed by atoms with Gasteiger partial charge < -0.3 is 23.9 Å².